The Balaban J connectivity index is 1.33. The van der Waals surface area contributed by atoms with Gasteiger partial charge in [-0.05, 0) is 54.0 Å². The van der Waals surface area contributed by atoms with Gasteiger partial charge in [0.1, 0.15) is 5.82 Å². The minimum atomic E-state index is -0.397. The molecule has 0 radical (unpaired) electrons. The molecule has 166 valence electrons. The molecule has 0 unspecified atom stereocenters. The van der Waals surface area contributed by atoms with Crippen LogP contribution in [-0.4, -0.2) is 22.0 Å². The number of rotatable bonds is 2. The fraction of sp³-hybridized carbons (Fsp3) is 0.320. The van der Waals surface area contributed by atoms with Crippen LogP contribution in [0.25, 0.3) is 0 Å². The third-order valence-electron chi connectivity index (χ3n) is 7.97. The number of carbonyl (C=O) groups excluding carboxylic acids is 2. The summed E-state index contributed by atoms with van der Waals surface area (Å²) < 4.78 is 13.5. The number of nitrogens with one attached hydrogen (secondary N) is 1. The van der Waals surface area contributed by atoms with Gasteiger partial charge in [0.2, 0.25) is 11.8 Å². The van der Waals surface area contributed by atoms with Crippen molar-refractivity contribution in [1.82, 2.24) is 4.98 Å². The molecule has 0 spiro atoms. The molecule has 5 nitrogen and oxygen atoms in total. The van der Waals surface area contributed by atoms with E-state index in [1.54, 1.807) is 11.8 Å². The van der Waals surface area contributed by atoms with Crippen molar-refractivity contribution in [2.45, 2.75) is 22.6 Å². The van der Waals surface area contributed by atoms with Crippen LogP contribution in [-0.2, 0) is 9.59 Å². The van der Waals surface area contributed by atoms with Crippen LogP contribution in [0.3, 0.4) is 0 Å². The van der Waals surface area contributed by atoms with E-state index in [0.29, 0.717) is 5.69 Å². The smallest absolute Gasteiger partial charge is 0.305 e. The molecule has 4 aliphatic rings. The second-order valence-corrected chi connectivity index (χ2v) is 11.6. The van der Waals surface area contributed by atoms with Gasteiger partial charge in [-0.25, -0.2) is 4.39 Å². The van der Waals surface area contributed by atoms with Gasteiger partial charge in [0, 0.05) is 16.0 Å². The lowest BCUT2D eigenvalue weighted by atomic mass is 9.68. The highest BCUT2D eigenvalue weighted by molar-refractivity contribution is 8.00. The first-order valence-corrected chi connectivity index (χ1v) is 12.8. The Morgan fingerprint density at radius 2 is 1.61 bits per heavy atom. The fourth-order valence-electron chi connectivity index (χ4n) is 6.90. The molecule has 8 heteroatoms. The molecule has 2 aliphatic heterocycles. The number of aromatic amines is 1. The van der Waals surface area contributed by atoms with Crippen LogP contribution in [0.4, 0.5) is 10.1 Å². The van der Waals surface area contributed by atoms with Crippen molar-refractivity contribution in [3.05, 3.63) is 80.5 Å². The number of halogens is 1. The van der Waals surface area contributed by atoms with Crippen molar-refractivity contribution in [3.8, 4) is 0 Å². The monoisotopic (exact) mass is 478 g/mol. The van der Waals surface area contributed by atoms with Crippen LogP contribution in [0.15, 0.2) is 64.4 Å². The third kappa shape index (κ3) is 2.62. The van der Waals surface area contributed by atoms with Crippen LogP contribution in [0.1, 0.15) is 22.8 Å². The van der Waals surface area contributed by atoms with Gasteiger partial charge in [0.15, 0.2) is 0 Å². The second kappa shape index (κ2) is 6.90. The van der Waals surface area contributed by atoms with Gasteiger partial charge in [-0.2, -0.15) is 0 Å². The number of nitrogens with zero attached hydrogens (tertiary/aromatic N) is 1. The molecular formula is C25H19FN2O3S2. The Labute approximate surface area is 197 Å². The minimum absolute atomic E-state index is 0.0372. The molecule has 2 saturated carbocycles. The summed E-state index contributed by atoms with van der Waals surface area (Å²) in [4.78, 5) is 44.6. The van der Waals surface area contributed by atoms with Crippen molar-refractivity contribution in [3.63, 3.8) is 0 Å². The molecule has 2 amide bonds. The van der Waals surface area contributed by atoms with Crippen LogP contribution in [0, 0.1) is 35.4 Å². The number of carbonyl (C=O) groups is 2. The van der Waals surface area contributed by atoms with Crippen molar-refractivity contribution >= 4 is 40.6 Å². The first-order valence-electron chi connectivity index (χ1n) is 11.1. The van der Waals surface area contributed by atoms with Crippen LogP contribution < -0.4 is 9.77 Å². The summed E-state index contributed by atoms with van der Waals surface area (Å²) in [5, 5.41) is 1.08. The van der Waals surface area contributed by atoms with E-state index >= 15 is 0 Å². The largest absolute Gasteiger partial charge is 0.307 e. The lowest BCUT2D eigenvalue weighted by molar-refractivity contribution is -0.123. The Bertz CT molecular complexity index is 1350. The highest BCUT2D eigenvalue weighted by atomic mass is 32.2. The van der Waals surface area contributed by atoms with Crippen LogP contribution in [0.2, 0.25) is 0 Å². The molecule has 1 aromatic heterocycles. The van der Waals surface area contributed by atoms with Gasteiger partial charge in [0.05, 0.1) is 22.5 Å². The summed E-state index contributed by atoms with van der Waals surface area (Å²) >= 11 is 2.95. The lowest BCUT2D eigenvalue weighted by Gasteiger charge is -2.43. The van der Waals surface area contributed by atoms with Crippen LogP contribution in [0.5, 0.6) is 0 Å². The summed E-state index contributed by atoms with van der Waals surface area (Å²) in [5.41, 5.74) is 1.60. The van der Waals surface area contributed by atoms with Gasteiger partial charge >= 0.3 is 4.87 Å². The Kier molecular flexibility index (Phi) is 4.13. The fourth-order valence-corrected chi connectivity index (χ4v) is 9.78. The summed E-state index contributed by atoms with van der Waals surface area (Å²) in [5.74, 6) is -1.03. The zero-order valence-electron chi connectivity index (χ0n) is 17.3. The van der Waals surface area contributed by atoms with Crippen molar-refractivity contribution < 1.29 is 14.0 Å². The van der Waals surface area contributed by atoms with Gasteiger partial charge < -0.3 is 4.98 Å². The molecule has 3 fully saturated rings. The number of fused-ring (bicyclic) bond motifs is 9. The first kappa shape index (κ1) is 19.7. The van der Waals surface area contributed by atoms with Gasteiger partial charge in [-0.3, -0.25) is 19.3 Å². The topological polar surface area (TPSA) is 70.2 Å². The molecule has 33 heavy (non-hydrogen) atoms. The quantitative estimate of drug-likeness (QED) is 0.559. The molecule has 2 bridgehead atoms. The Morgan fingerprint density at radius 3 is 2.33 bits per heavy atom. The number of aromatic nitrogens is 1. The summed E-state index contributed by atoms with van der Waals surface area (Å²) in [6.45, 7) is 0. The number of hydrogen-bond acceptors (Lipinski definition) is 5. The normalized spacial score (nSPS) is 33.8. The summed E-state index contributed by atoms with van der Waals surface area (Å²) in [7, 11) is 0. The highest BCUT2D eigenvalue weighted by Crippen LogP contribution is 2.68. The van der Waals surface area contributed by atoms with E-state index < -0.39 is 5.82 Å². The maximum Gasteiger partial charge on any atom is 0.305 e. The zero-order valence-corrected chi connectivity index (χ0v) is 18.9. The van der Waals surface area contributed by atoms with E-state index in [9.17, 15) is 18.8 Å². The van der Waals surface area contributed by atoms with Crippen molar-refractivity contribution in [2.24, 2.45) is 29.6 Å². The van der Waals surface area contributed by atoms with Crippen LogP contribution >= 0.6 is 23.1 Å². The number of H-pyrrole nitrogens is 1. The second-order valence-electron chi connectivity index (χ2n) is 9.36. The first-order chi connectivity index (χ1) is 16.0. The van der Waals surface area contributed by atoms with Gasteiger partial charge in [-0.1, -0.05) is 41.7 Å². The third-order valence-corrected chi connectivity index (χ3v) is 10.6. The number of amides is 2. The maximum absolute atomic E-state index is 13.6. The van der Waals surface area contributed by atoms with Gasteiger partial charge in [0.25, 0.3) is 0 Å². The number of thiazole rings is 1. The number of hydrogen-bond donors (Lipinski definition) is 1. The summed E-state index contributed by atoms with van der Waals surface area (Å²) in [6.07, 6.45) is 0.856. The molecule has 3 heterocycles. The number of thioether (sulfide) groups is 1. The van der Waals surface area contributed by atoms with E-state index in [1.807, 2.05) is 18.2 Å². The molecule has 2 aliphatic carbocycles. The maximum atomic E-state index is 13.6. The Hall–Kier alpha value is -2.71. The van der Waals surface area contributed by atoms with Crippen molar-refractivity contribution in [2.75, 3.05) is 4.90 Å². The number of benzene rings is 2. The number of imide groups is 1. The Morgan fingerprint density at radius 1 is 0.909 bits per heavy atom. The standard InChI is InChI=1S/C25H19FN2O3S2/c26-12-6-8-13(9-7-12)28-23(29)18-14-10-15(19(18)24(28)30)20-17(14)16(11-4-2-1-3-5-11)21-22(32-20)27-25(31)33-21/h1-9,14-20H,10H2,(H,27,31)/t14-,15+,16+,17+,18+,19+,20-/m0/s1. The SMILES string of the molecule is O=C1[C@@H]2[C@H]3C[C@@H]([C@@H]4Sc5[nH]c(=O)sc5[C@H](c5ccccc5)[C@@H]34)[C@H]2C(=O)N1c1ccc(F)cc1. The van der Waals surface area contributed by atoms with E-state index in [0.717, 1.165) is 21.9 Å². The van der Waals surface area contributed by atoms with E-state index in [2.05, 4.69) is 17.1 Å². The molecule has 7 atom stereocenters. The number of anilines is 1. The predicted octanol–water partition coefficient (Wildman–Crippen LogP) is 4.25. The molecule has 2 aromatic carbocycles. The van der Waals surface area contributed by atoms with E-state index in [1.165, 1.54) is 40.5 Å². The zero-order chi connectivity index (χ0) is 22.4. The lowest BCUT2D eigenvalue weighted by Crippen LogP contribution is -2.42. The highest BCUT2D eigenvalue weighted by Gasteiger charge is 2.69. The van der Waals surface area contributed by atoms with E-state index in [4.69, 9.17) is 0 Å². The molecule has 3 aromatic rings. The summed E-state index contributed by atoms with van der Waals surface area (Å²) in [6, 6.07) is 15.8. The van der Waals surface area contributed by atoms with Gasteiger partial charge in [-0.15, -0.1) is 11.8 Å². The van der Waals surface area contributed by atoms with Crippen molar-refractivity contribution in [1.29, 1.82) is 0 Å². The molecule has 1 saturated heterocycles. The van der Waals surface area contributed by atoms with E-state index in [-0.39, 0.29) is 57.4 Å². The molecule has 1 N–H and O–H groups in total. The average molecular weight is 479 g/mol. The average Bonchev–Trinajstić information content (AvgIpc) is 3.54. The molecular weight excluding hydrogens is 459 g/mol. The predicted molar refractivity (Wildman–Crippen MR) is 124 cm³/mol. The minimum Gasteiger partial charge on any atom is -0.307 e. The molecule has 7 rings (SSSR count).